The summed E-state index contributed by atoms with van der Waals surface area (Å²) in [6.07, 6.45) is -3.27. The van der Waals surface area contributed by atoms with Crippen molar-refractivity contribution in [2.24, 2.45) is 0 Å². The van der Waals surface area contributed by atoms with Crippen LogP contribution in [0, 0.1) is 0 Å². The molecule has 1 aromatic heterocycles. The molecule has 1 saturated heterocycles. The molecule has 0 bridgehead atoms. The summed E-state index contributed by atoms with van der Waals surface area (Å²) in [6, 6.07) is 8.04. The molecular formula is C25H32F3N3O3. The van der Waals surface area contributed by atoms with E-state index in [0.29, 0.717) is 56.0 Å². The molecule has 2 aliphatic heterocycles. The molecule has 34 heavy (non-hydrogen) atoms. The number of methoxy groups -OCH3 is 1. The Morgan fingerprint density at radius 1 is 1.09 bits per heavy atom. The monoisotopic (exact) mass is 479 g/mol. The van der Waals surface area contributed by atoms with Gasteiger partial charge < -0.3 is 19.3 Å². The van der Waals surface area contributed by atoms with Crippen LogP contribution < -0.4 is 4.74 Å². The second-order valence-corrected chi connectivity index (χ2v) is 9.96. The number of fused-ring (bicyclic) bond motifs is 2. The van der Waals surface area contributed by atoms with Crippen LogP contribution >= 0.6 is 0 Å². The quantitative estimate of drug-likeness (QED) is 0.724. The van der Waals surface area contributed by atoms with E-state index in [4.69, 9.17) is 4.74 Å². The molecule has 2 aliphatic rings. The van der Waals surface area contributed by atoms with E-state index in [-0.39, 0.29) is 12.5 Å². The van der Waals surface area contributed by atoms with E-state index in [1.807, 2.05) is 27.0 Å². The lowest BCUT2D eigenvalue weighted by atomic mass is 9.81. The molecule has 1 amide bonds. The molecule has 6 nitrogen and oxygen atoms in total. The van der Waals surface area contributed by atoms with Gasteiger partial charge in [0.1, 0.15) is 11.4 Å². The van der Waals surface area contributed by atoms with Crippen LogP contribution in [0.5, 0.6) is 5.75 Å². The summed E-state index contributed by atoms with van der Waals surface area (Å²) in [4.78, 5) is 17.2. The third kappa shape index (κ3) is 3.98. The number of hydrogen-bond donors (Lipinski definition) is 1. The van der Waals surface area contributed by atoms with Crippen LogP contribution in [0.15, 0.2) is 30.3 Å². The topological polar surface area (TPSA) is 57.9 Å². The number of aromatic nitrogens is 1. The number of carbonyl (C=O) groups excluding carboxylic acids is 1. The van der Waals surface area contributed by atoms with Crippen LogP contribution in [0.25, 0.3) is 0 Å². The lowest BCUT2D eigenvalue weighted by Crippen LogP contribution is -2.56. The van der Waals surface area contributed by atoms with E-state index >= 15 is 0 Å². The average Bonchev–Trinajstić information content (AvgIpc) is 3.27. The summed E-state index contributed by atoms with van der Waals surface area (Å²) in [5.41, 5.74) is 0.344. The number of likely N-dealkylation sites (N-methyl/N-ethyl adjacent to an activating group) is 1. The Kier molecular flexibility index (Phi) is 6.23. The van der Waals surface area contributed by atoms with E-state index in [9.17, 15) is 23.1 Å². The second-order valence-electron chi connectivity index (χ2n) is 9.96. The Bertz CT molecular complexity index is 1070. The van der Waals surface area contributed by atoms with Crippen molar-refractivity contribution in [2.75, 3.05) is 40.4 Å². The molecule has 0 aliphatic carbocycles. The molecular weight excluding hydrogens is 447 g/mol. The van der Waals surface area contributed by atoms with Crippen LogP contribution in [0.3, 0.4) is 0 Å². The van der Waals surface area contributed by atoms with Gasteiger partial charge in [-0.15, -0.1) is 0 Å². The Balaban J connectivity index is 1.56. The predicted molar refractivity (Wildman–Crippen MR) is 122 cm³/mol. The van der Waals surface area contributed by atoms with E-state index in [2.05, 4.69) is 4.90 Å². The minimum atomic E-state index is -4.39. The number of hydrogen-bond acceptors (Lipinski definition) is 4. The summed E-state index contributed by atoms with van der Waals surface area (Å²) in [5, 5.41) is 9.71. The van der Waals surface area contributed by atoms with Gasteiger partial charge in [-0.1, -0.05) is 19.9 Å². The highest BCUT2D eigenvalue weighted by Crippen LogP contribution is 2.44. The molecule has 2 aromatic rings. The number of nitrogens with zero attached hydrogens (tertiary/aromatic N) is 3. The molecule has 0 atom stereocenters. The first-order valence-corrected chi connectivity index (χ1v) is 11.5. The maximum atomic E-state index is 13.5. The number of ether oxygens (including phenoxy) is 1. The first-order valence-electron chi connectivity index (χ1n) is 11.5. The van der Waals surface area contributed by atoms with Crippen molar-refractivity contribution in [3.63, 3.8) is 0 Å². The maximum absolute atomic E-state index is 13.5. The summed E-state index contributed by atoms with van der Waals surface area (Å²) in [7, 11) is 3.49. The molecule has 0 unspecified atom stereocenters. The van der Waals surface area contributed by atoms with Gasteiger partial charge in [0.15, 0.2) is 0 Å². The zero-order valence-electron chi connectivity index (χ0n) is 20.1. The molecule has 0 saturated carbocycles. The van der Waals surface area contributed by atoms with Gasteiger partial charge in [-0.3, -0.25) is 9.69 Å². The van der Waals surface area contributed by atoms with Gasteiger partial charge in [-0.05, 0) is 44.2 Å². The van der Waals surface area contributed by atoms with Crippen molar-refractivity contribution in [2.45, 2.75) is 50.4 Å². The molecule has 4 rings (SSSR count). The number of aliphatic hydroxyl groups is 1. The number of likely N-dealkylation sites (tertiary alicyclic amines) is 1. The number of amides is 1. The third-order valence-electron chi connectivity index (χ3n) is 7.59. The molecule has 1 fully saturated rings. The SMILES string of the molecule is COc1cc(C(=O)N2CCC3(CC2)c2ccc(C(F)(F)F)n2CCN3C)ccc1C(C)(C)CO. The molecule has 9 heteroatoms. The van der Waals surface area contributed by atoms with E-state index in [0.717, 1.165) is 5.56 Å². The minimum absolute atomic E-state index is 0.0594. The zero-order chi connectivity index (χ0) is 24.9. The van der Waals surface area contributed by atoms with Crippen molar-refractivity contribution in [1.29, 1.82) is 0 Å². The molecule has 1 spiro atoms. The molecule has 0 radical (unpaired) electrons. The van der Waals surface area contributed by atoms with Gasteiger partial charge in [0.05, 0.1) is 19.3 Å². The molecule has 1 aromatic carbocycles. The minimum Gasteiger partial charge on any atom is -0.496 e. The highest BCUT2D eigenvalue weighted by molar-refractivity contribution is 5.95. The number of carbonyl (C=O) groups is 1. The highest BCUT2D eigenvalue weighted by Gasteiger charge is 2.47. The standard InChI is InChI=1S/C25H32F3N3O3/c1-23(2,16-32)18-6-5-17(15-19(18)34-4)22(33)30-11-9-24(10-12-30)20-7-8-21(25(26,27)28)31(20)14-13-29(24)3/h5-8,15,32H,9-14,16H2,1-4H3. The van der Waals surface area contributed by atoms with Crippen LogP contribution in [0.2, 0.25) is 0 Å². The van der Waals surface area contributed by atoms with Crippen molar-refractivity contribution in [3.05, 3.63) is 52.8 Å². The Labute approximate surface area is 197 Å². The smallest absolute Gasteiger partial charge is 0.431 e. The molecule has 186 valence electrons. The van der Waals surface area contributed by atoms with Crippen LogP contribution in [-0.2, 0) is 23.7 Å². The molecule has 1 N–H and O–H groups in total. The van der Waals surface area contributed by atoms with Crippen LogP contribution in [0.1, 0.15) is 54.0 Å². The number of aliphatic hydroxyl groups excluding tert-OH is 1. The van der Waals surface area contributed by atoms with Crippen molar-refractivity contribution in [1.82, 2.24) is 14.4 Å². The number of piperidine rings is 1. The largest absolute Gasteiger partial charge is 0.496 e. The first-order chi connectivity index (χ1) is 15.9. The summed E-state index contributed by atoms with van der Waals surface area (Å²) < 4.78 is 47.4. The fraction of sp³-hybridized carbons (Fsp3) is 0.560. The number of rotatable bonds is 4. The van der Waals surface area contributed by atoms with Crippen molar-refractivity contribution < 1.29 is 27.8 Å². The Morgan fingerprint density at radius 3 is 2.35 bits per heavy atom. The Hall–Kier alpha value is -2.52. The summed E-state index contributed by atoms with van der Waals surface area (Å²) in [6.45, 7) is 5.46. The van der Waals surface area contributed by atoms with Crippen LogP contribution in [0.4, 0.5) is 13.2 Å². The lowest BCUT2D eigenvalue weighted by Gasteiger charge is -2.50. The third-order valence-corrected chi connectivity index (χ3v) is 7.59. The molecule has 3 heterocycles. The van der Waals surface area contributed by atoms with Gasteiger partial charge in [0, 0.05) is 48.4 Å². The van der Waals surface area contributed by atoms with E-state index in [1.54, 1.807) is 23.1 Å². The zero-order valence-corrected chi connectivity index (χ0v) is 20.1. The van der Waals surface area contributed by atoms with Crippen molar-refractivity contribution >= 4 is 5.91 Å². The number of benzene rings is 1. The fourth-order valence-electron chi connectivity index (χ4n) is 5.39. The van der Waals surface area contributed by atoms with Gasteiger partial charge >= 0.3 is 6.18 Å². The van der Waals surface area contributed by atoms with E-state index in [1.165, 1.54) is 17.7 Å². The fourth-order valence-corrected chi connectivity index (χ4v) is 5.39. The predicted octanol–water partition coefficient (Wildman–Crippen LogP) is 3.86. The average molecular weight is 480 g/mol. The second kappa shape index (κ2) is 8.61. The highest BCUT2D eigenvalue weighted by atomic mass is 19.4. The van der Waals surface area contributed by atoms with Gasteiger partial charge in [0.2, 0.25) is 0 Å². The number of halogens is 3. The van der Waals surface area contributed by atoms with Gasteiger partial charge in [0.25, 0.3) is 5.91 Å². The summed E-state index contributed by atoms with van der Waals surface area (Å²) in [5.74, 6) is 0.411. The Morgan fingerprint density at radius 2 is 1.76 bits per heavy atom. The van der Waals surface area contributed by atoms with Gasteiger partial charge in [-0.2, -0.15) is 13.2 Å². The van der Waals surface area contributed by atoms with Crippen molar-refractivity contribution in [3.8, 4) is 5.75 Å². The van der Waals surface area contributed by atoms with Gasteiger partial charge in [-0.25, -0.2) is 0 Å². The normalized spacial score (nSPS) is 18.8. The summed E-state index contributed by atoms with van der Waals surface area (Å²) >= 11 is 0. The first kappa shape index (κ1) is 24.6. The van der Waals surface area contributed by atoms with E-state index < -0.39 is 22.8 Å². The maximum Gasteiger partial charge on any atom is 0.431 e. The lowest BCUT2D eigenvalue weighted by molar-refractivity contribution is -0.144. The van der Waals surface area contributed by atoms with Crippen LogP contribution in [-0.4, -0.2) is 65.8 Å². The number of alkyl halides is 3.